The van der Waals surface area contributed by atoms with E-state index in [0.717, 1.165) is 6.42 Å². The smallest absolute Gasteiger partial charge is 0.411 e. The van der Waals surface area contributed by atoms with Crippen LogP contribution in [0.25, 0.3) is 0 Å². The molecule has 0 aromatic carbocycles. The van der Waals surface area contributed by atoms with Crippen LogP contribution in [0.1, 0.15) is 59.8 Å². The second-order valence-corrected chi connectivity index (χ2v) is 6.92. The summed E-state index contributed by atoms with van der Waals surface area (Å²) in [4.78, 5) is 26.0. The average Bonchev–Trinajstić information content (AvgIpc) is 2.42. The molecule has 0 radical (unpaired) electrons. The van der Waals surface area contributed by atoms with Gasteiger partial charge in [-0.15, -0.1) is 0 Å². The third-order valence-electron chi connectivity index (χ3n) is 3.99. The standard InChI is InChI=1S/C16H29NO5/c1-6-10-17(14(20)22-15(2,3)4)16(13(18)19)9-7-8-12(11-16)21-5/h12H,6-11H2,1-5H3,(H,18,19). The fraction of sp³-hybridized carbons (Fsp3) is 0.875. The molecule has 0 heterocycles. The van der Waals surface area contributed by atoms with E-state index in [0.29, 0.717) is 32.2 Å². The molecule has 0 aliphatic heterocycles. The summed E-state index contributed by atoms with van der Waals surface area (Å²) in [5, 5.41) is 9.84. The second-order valence-electron chi connectivity index (χ2n) is 6.92. The van der Waals surface area contributed by atoms with Crippen molar-refractivity contribution in [1.82, 2.24) is 4.90 Å². The number of aliphatic carboxylic acids is 1. The van der Waals surface area contributed by atoms with E-state index < -0.39 is 23.2 Å². The van der Waals surface area contributed by atoms with E-state index in [9.17, 15) is 14.7 Å². The number of carbonyl (C=O) groups excluding carboxylic acids is 1. The lowest BCUT2D eigenvalue weighted by atomic mass is 9.78. The number of carboxylic acid groups (broad SMARTS) is 1. The summed E-state index contributed by atoms with van der Waals surface area (Å²) in [6.45, 7) is 7.62. The van der Waals surface area contributed by atoms with Gasteiger partial charge in [-0.3, -0.25) is 4.90 Å². The summed E-state index contributed by atoms with van der Waals surface area (Å²) >= 11 is 0. The van der Waals surface area contributed by atoms with Gasteiger partial charge in [0, 0.05) is 20.1 Å². The van der Waals surface area contributed by atoms with Crippen molar-refractivity contribution in [3.05, 3.63) is 0 Å². The van der Waals surface area contributed by atoms with E-state index in [-0.39, 0.29) is 6.10 Å². The molecule has 0 bridgehead atoms. The molecule has 6 nitrogen and oxygen atoms in total. The third-order valence-corrected chi connectivity index (χ3v) is 3.99. The van der Waals surface area contributed by atoms with Gasteiger partial charge in [0.1, 0.15) is 11.1 Å². The fourth-order valence-corrected chi connectivity index (χ4v) is 2.98. The Morgan fingerprint density at radius 3 is 2.45 bits per heavy atom. The van der Waals surface area contributed by atoms with Crippen LogP contribution in [0, 0.1) is 0 Å². The highest BCUT2D eigenvalue weighted by atomic mass is 16.6. The molecule has 1 aliphatic rings. The first-order valence-electron chi connectivity index (χ1n) is 7.93. The molecule has 1 amide bonds. The predicted molar refractivity (Wildman–Crippen MR) is 82.9 cm³/mol. The van der Waals surface area contributed by atoms with E-state index in [1.54, 1.807) is 27.9 Å². The van der Waals surface area contributed by atoms with Gasteiger partial charge in [0.05, 0.1) is 6.10 Å². The molecule has 1 rings (SSSR count). The Balaban J connectivity index is 3.11. The van der Waals surface area contributed by atoms with Crippen molar-refractivity contribution in [1.29, 1.82) is 0 Å². The highest BCUT2D eigenvalue weighted by Gasteiger charge is 2.50. The van der Waals surface area contributed by atoms with Crippen LogP contribution in [0.15, 0.2) is 0 Å². The van der Waals surface area contributed by atoms with E-state index in [1.165, 1.54) is 4.90 Å². The minimum atomic E-state index is -1.24. The van der Waals surface area contributed by atoms with Crippen LogP contribution in [-0.2, 0) is 14.3 Å². The third kappa shape index (κ3) is 4.35. The summed E-state index contributed by atoms with van der Waals surface area (Å²) in [7, 11) is 1.58. The highest BCUT2D eigenvalue weighted by Crippen LogP contribution is 2.36. The molecule has 128 valence electrons. The normalized spacial score (nSPS) is 25.6. The molecule has 0 spiro atoms. The van der Waals surface area contributed by atoms with Crippen LogP contribution < -0.4 is 0 Å². The number of rotatable bonds is 5. The van der Waals surface area contributed by atoms with E-state index in [4.69, 9.17) is 9.47 Å². The number of methoxy groups -OCH3 is 1. The zero-order valence-corrected chi connectivity index (χ0v) is 14.3. The number of amides is 1. The van der Waals surface area contributed by atoms with Crippen molar-refractivity contribution < 1.29 is 24.2 Å². The lowest BCUT2D eigenvalue weighted by Gasteiger charge is -2.45. The predicted octanol–water partition coefficient (Wildman–Crippen LogP) is 3.05. The van der Waals surface area contributed by atoms with Gasteiger partial charge in [-0.05, 0) is 46.5 Å². The maximum absolute atomic E-state index is 12.6. The second kappa shape index (κ2) is 7.31. The van der Waals surface area contributed by atoms with Gasteiger partial charge in [-0.2, -0.15) is 0 Å². The Bertz CT molecular complexity index is 404. The van der Waals surface area contributed by atoms with Gasteiger partial charge in [0.25, 0.3) is 0 Å². The van der Waals surface area contributed by atoms with Gasteiger partial charge in [-0.25, -0.2) is 9.59 Å². The van der Waals surface area contributed by atoms with Crippen molar-refractivity contribution in [2.45, 2.75) is 77.0 Å². The molecule has 1 N–H and O–H groups in total. The molecule has 6 heteroatoms. The number of hydrogen-bond acceptors (Lipinski definition) is 4. The summed E-state index contributed by atoms with van der Waals surface area (Å²) in [6, 6.07) is 0. The van der Waals surface area contributed by atoms with E-state index in [1.807, 2.05) is 6.92 Å². The van der Waals surface area contributed by atoms with Gasteiger partial charge < -0.3 is 14.6 Å². The Hall–Kier alpha value is -1.30. The Morgan fingerprint density at radius 2 is 2.00 bits per heavy atom. The Kier molecular flexibility index (Phi) is 6.23. The first kappa shape index (κ1) is 18.7. The SMILES string of the molecule is CCCN(C(=O)OC(C)(C)C)C1(C(=O)O)CCCC(OC)C1. The minimum absolute atomic E-state index is 0.147. The number of ether oxygens (including phenoxy) is 2. The quantitative estimate of drug-likeness (QED) is 0.844. The molecule has 2 unspecified atom stereocenters. The molecule has 22 heavy (non-hydrogen) atoms. The summed E-state index contributed by atoms with van der Waals surface area (Å²) in [6.07, 6.45) is 2.24. The Labute approximate surface area is 132 Å². The molecule has 1 aliphatic carbocycles. The lowest BCUT2D eigenvalue weighted by Crippen LogP contribution is -2.61. The van der Waals surface area contributed by atoms with Crippen molar-refractivity contribution >= 4 is 12.1 Å². The molecule has 0 aromatic rings. The molecule has 0 saturated heterocycles. The van der Waals surface area contributed by atoms with Crippen molar-refractivity contribution in [2.75, 3.05) is 13.7 Å². The summed E-state index contributed by atoms with van der Waals surface area (Å²) in [5.41, 5.74) is -1.89. The summed E-state index contributed by atoms with van der Waals surface area (Å²) in [5.74, 6) is -0.978. The maximum atomic E-state index is 12.6. The van der Waals surface area contributed by atoms with Crippen LogP contribution >= 0.6 is 0 Å². The van der Waals surface area contributed by atoms with Crippen LogP contribution in [0.4, 0.5) is 4.79 Å². The van der Waals surface area contributed by atoms with Gasteiger partial charge >= 0.3 is 12.1 Å². The molecule has 1 fully saturated rings. The summed E-state index contributed by atoms with van der Waals surface area (Å²) < 4.78 is 10.8. The molecule has 1 saturated carbocycles. The number of carboxylic acids is 1. The van der Waals surface area contributed by atoms with E-state index >= 15 is 0 Å². The van der Waals surface area contributed by atoms with Crippen molar-refractivity contribution in [3.63, 3.8) is 0 Å². The van der Waals surface area contributed by atoms with Crippen LogP contribution in [-0.4, -0.2) is 53.0 Å². The zero-order chi connectivity index (χ0) is 17.0. The van der Waals surface area contributed by atoms with Gasteiger partial charge in [0.2, 0.25) is 0 Å². The van der Waals surface area contributed by atoms with Gasteiger partial charge in [-0.1, -0.05) is 6.92 Å². The highest BCUT2D eigenvalue weighted by molar-refractivity contribution is 5.84. The fourth-order valence-electron chi connectivity index (χ4n) is 2.98. The topological polar surface area (TPSA) is 76.1 Å². The maximum Gasteiger partial charge on any atom is 0.411 e. The van der Waals surface area contributed by atoms with E-state index in [2.05, 4.69) is 0 Å². The first-order valence-corrected chi connectivity index (χ1v) is 7.93. The van der Waals surface area contributed by atoms with Gasteiger partial charge in [0.15, 0.2) is 0 Å². The monoisotopic (exact) mass is 315 g/mol. The number of hydrogen-bond donors (Lipinski definition) is 1. The number of carbonyl (C=O) groups is 2. The van der Waals surface area contributed by atoms with Crippen molar-refractivity contribution in [2.24, 2.45) is 0 Å². The van der Waals surface area contributed by atoms with Crippen LogP contribution in [0.5, 0.6) is 0 Å². The molecular weight excluding hydrogens is 286 g/mol. The lowest BCUT2D eigenvalue weighted by molar-refractivity contribution is -0.157. The zero-order valence-electron chi connectivity index (χ0n) is 14.3. The largest absolute Gasteiger partial charge is 0.479 e. The van der Waals surface area contributed by atoms with Crippen molar-refractivity contribution in [3.8, 4) is 0 Å². The average molecular weight is 315 g/mol. The Morgan fingerprint density at radius 1 is 1.36 bits per heavy atom. The number of nitrogens with zero attached hydrogens (tertiary/aromatic N) is 1. The molecule has 2 atom stereocenters. The van der Waals surface area contributed by atoms with Crippen LogP contribution in [0.2, 0.25) is 0 Å². The minimum Gasteiger partial charge on any atom is -0.479 e. The molecular formula is C16H29NO5. The van der Waals surface area contributed by atoms with Crippen LogP contribution in [0.3, 0.4) is 0 Å². The first-order chi connectivity index (χ1) is 10.2. The molecule has 0 aromatic heterocycles.